The van der Waals surface area contributed by atoms with Gasteiger partial charge in [-0.15, -0.1) is 0 Å². The molecule has 15 heavy (non-hydrogen) atoms. The van der Waals surface area contributed by atoms with Crippen LogP contribution in [0.5, 0.6) is 0 Å². The maximum atomic E-state index is 10.5. The largest absolute Gasteiger partial charge is 0.479 e. The molecule has 0 spiro atoms. The van der Waals surface area contributed by atoms with Crippen LogP contribution in [-0.4, -0.2) is 26.7 Å². The second-order valence-corrected chi connectivity index (χ2v) is 3.37. The molecule has 84 valence electrons. The summed E-state index contributed by atoms with van der Waals surface area (Å²) in [5.41, 5.74) is 0.907. The van der Waals surface area contributed by atoms with Crippen molar-refractivity contribution in [2.45, 2.75) is 39.5 Å². The molecule has 1 atom stereocenters. The fourth-order valence-corrected chi connectivity index (χ4v) is 1.19. The Hall–Kier alpha value is -1.36. The zero-order chi connectivity index (χ0) is 11.3. The lowest BCUT2D eigenvalue weighted by atomic mass is 10.4. The minimum atomic E-state index is -0.948. The van der Waals surface area contributed by atoms with E-state index in [0.717, 1.165) is 18.7 Å². The zero-order valence-corrected chi connectivity index (χ0v) is 9.01. The van der Waals surface area contributed by atoms with Crippen molar-refractivity contribution < 1.29 is 14.6 Å². The summed E-state index contributed by atoms with van der Waals surface area (Å²) in [5.74, 6) is -0.948. The highest BCUT2D eigenvalue weighted by Crippen LogP contribution is 2.04. The molecule has 1 N–H and O–H groups in total. The number of hydrogen-bond donors (Lipinski definition) is 1. The van der Waals surface area contributed by atoms with Gasteiger partial charge in [-0.05, 0) is 13.3 Å². The van der Waals surface area contributed by atoms with E-state index >= 15 is 0 Å². The van der Waals surface area contributed by atoms with E-state index < -0.39 is 12.1 Å². The number of ether oxygens (including phenoxy) is 1. The van der Waals surface area contributed by atoms with E-state index in [1.807, 2.05) is 4.57 Å². The average molecular weight is 212 g/mol. The fraction of sp³-hybridized carbons (Fsp3) is 0.600. The molecule has 0 aromatic carbocycles. The molecule has 0 amide bonds. The number of hydrogen-bond acceptors (Lipinski definition) is 3. The topological polar surface area (TPSA) is 64.4 Å². The number of imidazole rings is 1. The monoisotopic (exact) mass is 212 g/mol. The van der Waals surface area contributed by atoms with E-state index in [4.69, 9.17) is 9.84 Å². The molecule has 0 unspecified atom stereocenters. The summed E-state index contributed by atoms with van der Waals surface area (Å²) >= 11 is 0. The molecule has 0 aliphatic rings. The molecular weight excluding hydrogens is 196 g/mol. The van der Waals surface area contributed by atoms with E-state index in [2.05, 4.69) is 11.9 Å². The van der Waals surface area contributed by atoms with E-state index in [-0.39, 0.29) is 6.61 Å². The predicted molar refractivity (Wildman–Crippen MR) is 54.4 cm³/mol. The van der Waals surface area contributed by atoms with Crippen LogP contribution in [0.2, 0.25) is 0 Å². The summed E-state index contributed by atoms with van der Waals surface area (Å²) in [6.45, 7) is 4.75. The van der Waals surface area contributed by atoms with E-state index in [1.165, 1.54) is 6.92 Å². The van der Waals surface area contributed by atoms with Crippen LogP contribution in [0.3, 0.4) is 0 Å². The number of carbonyl (C=O) groups is 1. The molecule has 0 aliphatic heterocycles. The van der Waals surface area contributed by atoms with Crippen LogP contribution in [-0.2, 0) is 22.7 Å². The molecule has 0 aliphatic carbocycles. The summed E-state index contributed by atoms with van der Waals surface area (Å²) < 4.78 is 7.14. The highest BCUT2D eigenvalue weighted by molar-refractivity contribution is 5.71. The summed E-state index contributed by atoms with van der Waals surface area (Å²) in [7, 11) is 0. The SMILES string of the molecule is CCCn1cncc1CO[C@@H](C)C(=O)O. The summed E-state index contributed by atoms with van der Waals surface area (Å²) in [5, 5.41) is 8.64. The number of aryl methyl sites for hydroxylation is 1. The Labute approximate surface area is 88.7 Å². The van der Waals surface area contributed by atoms with Gasteiger partial charge in [0.05, 0.1) is 24.8 Å². The number of carboxylic acids is 1. The van der Waals surface area contributed by atoms with Crippen molar-refractivity contribution in [1.82, 2.24) is 9.55 Å². The minimum absolute atomic E-state index is 0.285. The summed E-state index contributed by atoms with van der Waals surface area (Å²) in [6, 6.07) is 0. The van der Waals surface area contributed by atoms with Gasteiger partial charge in [-0.25, -0.2) is 9.78 Å². The van der Waals surface area contributed by atoms with Gasteiger partial charge in [-0.2, -0.15) is 0 Å². The summed E-state index contributed by atoms with van der Waals surface area (Å²) in [4.78, 5) is 14.5. The van der Waals surface area contributed by atoms with Gasteiger partial charge in [-0.3, -0.25) is 0 Å². The molecule has 5 nitrogen and oxygen atoms in total. The second kappa shape index (κ2) is 5.50. The molecule has 0 fully saturated rings. The van der Waals surface area contributed by atoms with Crippen molar-refractivity contribution in [3.63, 3.8) is 0 Å². The zero-order valence-electron chi connectivity index (χ0n) is 9.01. The molecule has 1 rings (SSSR count). The van der Waals surface area contributed by atoms with Crippen molar-refractivity contribution in [3.8, 4) is 0 Å². The van der Waals surface area contributed by atoms with Crippen molar-refractivity contribution >= 4 is 5.97 Å². The minimum Gasteiger partial charge on any atom is -0.479 e. The van der Waals surface area contributed by atoms with Crippen molar-refractivity contribution in [1.29, 1.82) is 0 Å². The molecule has 0 bridgehead atoms. The highest BCUT2D eigenvalue weighted by Gasteiger charge is 2.12. The van der Waals surface area contributed by atoms with Crippen LogP contribution in [0.25, 0.3) is 0 Å². The Morgan fingerprint density at radius 2 is 2.47 bits per heavy atom. The Morgan fingerprint density at radius 3 is 3.07 bits per heavy atom. The van der Waals surface area contributed by atoms with Crippen LogP contribution < -0.4 is 0 Å². The quantitative estimate of drug-likeness (QED) is 0.771. The normalized spacial score (nSPS) is 12.7. The Kier molecular flexibility index (Phi) is 4.30. The van der Waals surface area contributed by atoms with Crippen LogP contribution in [0.15, 0.2) is 12.5 Å². The van der Waals surface area contributed by atoms with Crippen LogP contribution >= 0.6 is 0 Å². The first kappa shape index (κ1) is 11.7. The molecular formula is C10H16N2O3. The highest BCUT2D eigenvalue weighted by atomic mass is 16.5. The number of aliphatic carboxylic acids is 1. The van der Waals surface area contributed by atoms with Crippen LogP contribution in [0, 0.1) is 0 Å². The lowest BCUT2D eigenvalue weighted by molar-refractivity contribution is -0.150. The van der Waals surface area contributed by atoms with E-state index in [1.54, 1.807) is 12.5 Å². The number of rotatable bonds is 6. The number of nitrogens with zero attached hydrogens (tertiary/aromatic N) is 2. The number of carboxylic acid groups (broad SMARTS) is 1. The van der Waals surface area contributed by atoms with Crippen molar-refractivity contribution in [2.75, 3.05) is 0 Å². The van der Waals surface area contributed by atoms with Gasteiger partial charge in [0.1, 0.15) is 0 Å². The van der Waals surface area contributed by atoms with Gasteiger partial charge in [0.15, 0.2) is 6.10 Å². The van der Waals surface area contributed by atoms with E-state index in [9.17, 15) is 4.79 Å². The first-order chi connectivity index (χ1) is 7.15. The van der Waals surface area contributed by atoms with Gasteiger partial charge in [0, 0.05) is 6.54 Å². The Balaban J connectivity index is 2.49. The lowest BCUT2D eigenvalue weighted by Crippen LogP contribution is -2.20. The predicted octanol–water partition coefficient (Wildman–Crippen LogP) is 1.28. The maximum Gasteiger partial charge on any atom is 0.332 e. The standard InChI is InChI=1S/C10H16N2O3/c1-3-4-12-7-11-5-9(12)6-15-8(2)10(13)14/h5,7-8H,3-4,6H2,1-2H3,(H,13,14)/t8-/m0/s1. The molecule has 0 radical (unpaired) electrons. The average Bonchev–Trinajstić information content (AvgIpc) is 2.62. The third-order valence-corrected chi connectivity index (χ3v) is 2.09. The van der Waals surface area contributed by atoms with Crippen molar-refractivity contribution in [2.24, 2.45) is 0 Å². The third-order valence-electron chi connectivity index (χ3n) is 2.09. The van der Waals surface area contributed by atoms with Crippen LogP contribution in [0.1, 0.15) is 26.0 Å². The van der Waals surface area contributed by atoms with E-state index in [0.29, 0.717) is 0 Å². The molecule has 1 aromatic rings. The Morgan fingerprint density at radius 1 is 1.73 bits per heavy atom. The van der Waals surface area contributed by atoms with Crippen LogP contribution in [0.4, 0.5) is 0 Å². The third kappa shape index (κ3) is 3.36. The Bertz CT molecular complexity index is 322. The molecule has 1 heterocycles. The first-order valence-corrected chi connectivity index (χ1v) is 4.98. The first-order valence-electron chi connectivity index (χ1n) is 4.98. The smallest absolute Gasteiger partial charge is 0.332 e. The maximum absolute atomic E-state index is 10.5. The molecule has 0 saturated carbocycles. The van der Waals surface area contributed by atoms with Gasteiger partial charge in [0.2, 0.25) is 0 Å². The van der Waals surface area contributed by atoms with Gasteiger partial charge >= 0.3 is 5.97 Å². The van der Waals surface area contributed by atoms with Gasteiger partial charge in [0.25, 0.3) is 0 Å². The lowest BCUT2D eigenvalue weighted by Gasteiger charge is -2.10. The fourth-order valence-electron chi connectivity index (χ4n) is 1.19. The molecule has 1 aromatic heterocycles. The van der Waals surface area contributed by atoms with Crippen molar-refractivity contribution in [3.05, 3.63) is 18.2 Å². The van der Waals surface area contributed by atoms with Gasteiger partial charge < -0.3 is 14.4 Å². The molecule has 5 heteroatoms. The van der Waals surface area contributed by atoms with Gasteiger partial charge in [-0.1, -0.05) is 6.92 Å². The molecule has 0 saturated heterocycles. The number of aromatic nitrogens is 2. The second-order valence-electron chi connectivity index (χ2n) is 3.37. The summed E-state index contributed by atoms with van der Waals surface area (Å²) in [6.07, 6.45) is 3.66.